The van der Waals surface area contributed by atoms with Crippen LogP contribution in [0.3, 0.4) is 0 Å². The van der Waals surface area contributed by atoms with E-state index < -0.39 is 5.95 Å². The number of carbonyl (C=O) groups is 1. The van der Waals surface area contributed by atoms with Crippen LogP contribution >= 0.6 is 0 Å². The van der Waals surface area contributed by atoms with Crippen molar-refractivity contribution in [3.8, 4) is 0 Å². The number of nitrogens with zero attached hydrogens (tertiary/aromatic N) is 1. The van der Waals surface area contributed by atoms with Crippen LogP contribution in [0.4, 0.5) is 10.2 Å². The summed E-state index contributed by atoms with van der Waals surface area (Å²) in [7, 11) is 0. The second-order valence-corrected chi connectivity index (χ2v) is 4.71. The lowest BCUT2D eigenvalue weighted by molar-refractivity contribution is 0.102. The van der Waals surface area contributed by atoms with Gasteiger partial charge in [-0.1, -0.05) is 12.1 Å². The number of rotatable bonds is 2. The van der Waals surface area contributed by atoms with Crippen LogP contribution < -0.4 is 10.6 Å². The third kappa shape index (κ3) is 2.67. The molecular weight excluding hydrogens is 257 g/mol. The molecule has 0 saturated heterocycles. The van der Waals surface area contributed by atoms with Gasteiger partial charge < -0.3 is 10.6 Å². The SMILES string of the molecule is O=C(Nc1cccc(F)n1)c1ccc2c(c1)CNCC2. The second-order valence-electron chi connectivity index (χ2n) is 4.71. The first-order valence-electron chi connectivity index (χ1n) is 6.49. The smallest absolute Gasteiger partial charge is 0.256 e. The number of carbonyl (C=O) groups excluding carboxylic acids is 1. The average Bonchev–Trinajstić information content (AvgIpc) is 2.47. The molecule has 1 aliphatic rings. The Morgan fingerprint density at radius 2 is 2.15 bits per heavy atom. The Morgan fingerprint density at radius 1 is 1.25 bits per heavy atom. The van der Waals surface area contributed by atoms with Gasteiger partial charge in [-0.05, 0) is 48.4 Å². The molecule has 0 aliphatic carbocycles. The lowest BCUT2D eigenvalue weighted by atomic mass is 9.98. The van der Waals surface area contributed by atoms with Crippen molar-refractivity contribution in [1.82, 2.24) is 10.3 Å². The molecule has 5 heteroatoms. The van der Waals surface area contributed by atoms with Gasteiger partial charge in [0.1, 0.15) is 5.82 Å². The molecule has 102 valence electrons. The molecule has 3 rings (SSSR count). The first kappa shape index (κ1) is 12.7. The van der Waals surface area contributed by atoms with Gasteiger partial charge in [-0.2, -0.15) is 4.39 Å². The van der Waals surface area contributed by atoms with E-state index in [4.69, 9.17) is 0 Å². The number of anilines is 1. The van der Waals surface area contributed by atoms with Crippen LogP contribution in [0.1, 0.15) is 21.5 Å². The van der Waals surface area contributed by atoms with E-state index >= 15 is 0 Å². The van der Waals surface area contributed by atoms with Gasteiger partial charge in [0.25, 0.3) is 5.91 Å². The van der Waals surface area contributed by atoms with Crippen LogP contribution in [0.5, 0.6) is 0 Å². The van der Waals surface area contributed by atoms with Crippen LogP contribution in [-0.2, 0) is 13.0 Å². The summed E-state index contributed by atoms with van der Waals surface area (Å²) in [5, 5.41) is 5.87. The average molecular weight is 271 g/mol. The third-order valence-corrected chi connectivity index (χ3v) is 3.31. The maximum atomic E-state index is 13.0. The van der Waals surface area contributed by atoms with Gasteiger partial charge in [0.2, 0.25) is 5.95 Å². The molecule has 2 N–H and O–H groups in total. The molecule has 0 spiro atoms. The summed E-state index contributed by atoms with van der Waals surface area (Å²) in [6, 6.07) is 9.94. The third-order valence-electron chi connectivity index (χ3n) is 3.31. The van der Waals surface area contributed by atoms with Crippen molar-refractivity contribution in [3.05, 3.63) is 59.0 Å². The Labute approximate surface area is 116 Å². The van der Waals surface area contributed by atoms with Gasteiger partial charge in [0.15, 0.2) is 0 Å². The van der Waals surface area contributed by atoms with E-state index in [9.17, 15) is 9.18 Å². The minimum absolute atomic E-state index is 0.214. The Balaban J connectivity index is 1.80. The number of amides is 1. The highest BCUT2D eigenvalue weighted by atomic mass is 19.1. The summed E-state index contributed by atoms with van der Waals surface area (Å²) >= 11 is 0. The summed E-state index contributed by atoms with van der Waals surface area (Å²) in [5.41, 5.74) is 2.96. The Hall–Kier alpha value is -2.27. The Kier molecular flexibility index (Phi) is 3.43. The minimum atomic E-state index is -0.613. The molecule has 0 fully saturated rings. The molecule has 0 bridgehead atoms. The maximum Gasteiger partial charge on any atom is 0.256 e. The van der Waals surface area contributed by atoms with Crippen molar-refractivity contribution in [3.63, 3.8) is 0 Å². The van der Waals surface area contributed by atoms with Crippen LogP contribution in [-0.4, -0.2) is 17.4 Å². The van der Waals surface area contributed by atoms with Crippen LogP contribution in [0.25, 0.3) is 0 Å². The van der Waals surface area contributed by atoms with Gasteiger partial charge in [0, 0.05) is 12.1 Å². The highest BCUT2D eigenvalue weighted by Gasteiger charge is 2.13. The van der Waals surface area contributed by atoms with Gasteiger partial charge in [0.05, 0.1) is 0 Å². The number of hydrogen-bond donors (Lipinski definition) is 2. The zero-order valence-corrected chi connectivity index (χ0v) is 10.8. The van der Waals surface area contributed by atoms with E-state index in [1.165, 1.54) is 17.7 Å². The fraction of sp³-hybridized carbons (Fsp3) is 0.200. The van der Waals surface area contributed by atoms with Crippen LogP contribution in [0.2, 0.25) is 0 Å². The van der Waals surface area contributed by atoms with E-state index in [1.807, 2.05) is 12.1 Å². The molecule has 1 aromatic heterocycles. The van der Waals surface area contributed by atoms with Gasteiger partial charge in [-0.25, -0.2) is 4.98 Å². The Morgan fingerprint density at radius 3 is 3.00 bits per heavy atom. The summed E-state index contributed by atoms with van der Waals surface area (Å²) in [4.78, 5) is 15.7. The highest BCUT2D eigenvalue weighted by Crippen LogP contribution is 2.16. The fourth-order valence-electron chi connectivity index (χ4n) is 2.29. The molecule has 2 aromatic rings. The second kappa shape index (κ2) is 5.38. The predicted octanol–water partition coefficient (Wildman–Crippen LogP) is 2.12. The molecule has 0 radical (unpaired) electrons. The lowest BCUT2D eigenvalue weighted by Gasteiger charge is -2.17. The van der Waals surface area contributed by atoms with E-state index in [1.54, 1.807) is 12.1 Å². The molecule has 20 heavy (non-hydrogen) atoms. The molecular formula is C15H14FN3O. The van der Waals surface area contributed by atoms with Crippen molar-refractivity contribution in [2.75, 3.05) is 11.9 Å². The first-order chi connectivity index (χ1) is 9.72. The number of hydrogen-bond acceptors (Lipinski definition) is 3. The van der Waals surface area contributed by atoms with E-state index in [0.717, 1.165) is 25.1 Å². The number of fused-ring (bicyclic) bond motifs is 1. The highest BCUT2D eigenvalue weighted by molar-refractivity contribution is 6.03. The van der Waals surface area contributed by atoms with Crippen molar-refractivity contribution >= 4 is 11.7 Å². The van der Waals surface area contributed by atoms with E-state index in [2.05, 4.69) is 15.6 Å². The van der Waals surface area contributed by atoms with Crippen molar-refractivity contribution < 1.29 is 9.18 Å². The van der Waals surface area contributed by atoms with Crippen LogP contribution in [0.15, 0.2) is 36.4 Å². The van der Waals surface area contributed by atoms with Gasteiger partial charge >= 0.3 is 0 Å². The number of nitrogens with one attached hydrogen (secondary N) is 2. The normalized spacial score (nSPS) is 13.7. The molecule has 2 heterocycles. The van der Waals surface area contributed by atoms with Crippen molar-refractivity contribution in [2.45, 2.75) is 13.0 Å². The Bertz CT molecular complexity index is 657. The topological polar surface area (TPSA) is 54.0 Å². The first-order valence-corrected chi connectivity index (χ1v) is 6.49. The quantitative estimate of drug-likeness (QED) is 0.823. The fourth-order valence-corrected chi connectivity index (χ4v) is 2.29. The molecule has 0 saturated carbocycles. The largest absolute Gasteiger partial charge is 0.312 e. The van der Waals surface area contributed by atoms with Gasteiger partial charge in [-0.15, -0.1) is 0 Å². The predicted molar refractivity (Wildman–Crippen MR) is 74.0 cm³/mol. The maximum absolute atomic E-state index is 13.0. The zero-order valence-electron chi connectivity index (χ0n) is 10.8. The zero-order chi connectivity index (χ0) is 13.9. The van der Waals surface area contributed by atoms with Crippen LogP contribution in [0, 0.1) is 5.95 Å². The summed E-state index contributed by atoms with van der Waals surface area (Å²) in [6.45, 7) is 1.74. The molecule has 1 aromatic carbocycles. The summed E-state index contributed by atoms with van der Waals surface area (Å²) in [5.74, 6) is -0.681. The number of benzene rings is 1. The number of aromatic nitrogens is 1. The molecule has 4 nitrogen and oxygen atoms in total. The van der Waals surface area contributed by atoms with E-state index in [-0.39, 0.29) is 11.7 Å². The summed E-state index contributed by atoms with van der Waals surface area (Å²) in [6.07, 6.45) is 0.975. The minimum Gasteiger partial charge on any atom is -0.312 e. The van der Waals surface area contributed by atoms with Crippen molar-refractivity contribution in [1.29, 1.82) is 0 Å². The lowest BCUT2D eigenvalue weighted by Crippen LogP contribution is -2.24. The van der Waals surface area contributed by atoms with Gasteiger partial charge in [-0.3, -0.25) is 4.79 Å². The summed E-state index contributed by atoms with van der Waals surface area (Å²) < 4.78 is 13.0. The number of halogens is 1. The molecule has 1 amide bonds. The van der Waals surface area contributed by atoms with Crippen molar-refractivity contribution in [2.24, 2.45) is 0 Å². The number of pyridine rings is 1. The monoisotopic (exact) mass is 271 g/mol. The standard InChI is InChI=1S/C15H14FN3O/c16-13-2-1-3-14(18-13)19-15(20)11-5-4-10-6-7-17-9-12(10)8-11/h1-5,8,17H,6-7,9H2,(H,18,19,20). The molecule has 0 atom stereocenters. The van der Waals surface area contributed by atoms with E-state index in [0.29, 0.717) is 5.56 Å². The molecule has 0 unspecified atom stereocenters. The molecule has 1 aliphatic heterocycles.